The number of aromatic carboxylic acids is 1. The molecule has 2 aromatic rings. The standard InChI is InChI=1S/C20H20F3NO3/c21-20(22,23)16-7-5-14(6-8-16)18-3-1-2-17(27-18)9-4-13-10-15(19(25)26)12-24-11-13/h5-8,10-12,17-18H,1-4,9H2,(H,25,26)/t17-,18+/m1/s1. The number of carboxylic acids is 1. The summed E-state index contributed by atoms with van der Waals surface area (Å²) in [6.07, 6.45) is 2.32. The van der Waals surface area contributed by atoms with Gasteiger partial charge in [-0.25, -0.2) is 4.79 Å². The monoisotopic (exact) mass is 379 g/mol. The lowest BCUT2D eigenvalue weighted by molar-refractivity contribution is -0.137. The van der Waals surface area contributed by atoms with E-state index in [0.29, 0.717) is 12.8 Å². The number of rotatable bonds is 5. The maximum atomic E-state index is 12.7. The quantitative estimate of drug-likeness (QED) is 0.791. The van der Waals surface area contributed by atoms with Gasteiger partial charge in [-0.15, -0.1) is 0 Å². The van der Waals surface area contributed by atoms with Crippen molar-refractivity contribution in [2.75, 3.05) is 0 Å². The van der Waals surface area contributed by atoms with Crippen molar-refractivity contribution in [2.24, 2.45) is 0 Å². The second-order valence-corrected chi connectivity index (χ2v) is 6.72. The van der Waals surface area contributed by atoms with Crippen LogP contribution >= 0.6 is 0 Å². The first-order valence-corrected chi connectivity index (χ1v) is 8.83. The Kier molecular flexibility index (Phi) is 5.79. The molecule has 1 aliphatic rings. The van der Waals surface area contributed by atoms with E-state index in [-0.39, 0.29) is 17.8 Å². The van der Waals surface area contributed by atoms with Crippen molar-refractivity contribution in [1.82, 2.24) is 4.98 Å². The van der Waals surface area contributed by atoms with Crippen LogP contribution in [0, 0.1) is 0 Å². The molecule has 1 aromatic heterocycles. The highest BCUT2D eigenvalue weighted by Crippen LogP contribution is 2.35. The topological polar surface area (TPSA) is 59.4 Å². The van der Waals surface area contributed by atoms with Crippen molar-refractivity contribution >= 4 is 5.97 Å². The second kappa shape index (κ2) is 8.08. The van der Waals surface area contributed by atoms with E-state index >= 15 is 0 Å². The highest BCUT2D eigenvalue weighted by Gasteiger charge is 2.31. The van der Waals surface area contributed by atoms with Gasteiger partial charge >= 0.3 is 12.1 Å². The van der Waals surface area contributed by atoms with Crippen LogP contribution in [0.5, 0.6) is 0 Å². The smallest absolute Gasteiger partial charge is 0.416 e. The minimum absolute atomic E-state index is 0.0143. The van der Waals surface area contributed by atoms with Gasteiger partial charge in [-0.1, -0.05) is 12.1 Å². The van der Waals surface area contributed by atoms with E-state index in [1.807, 2.05) is 0 Å². The van der Waals surface area contributed by atoms with Crippen LogP contribution in [0.1, 0.15) is 58.8 Å². The molecule has 1 aromatic carbocycles. The van der Waals surface area contributed by atoms with E-state index in [4.69, 9.17) is 9.84 Å². The Balaban J connectivity index is 1.59. The summed E-state index contributed by atoms with van der Waals surface area (Å²) < 4.78 is 44.2. The van der Waals surface area contributed by atoms with E-state index < -0.39 is 17.7 Å². The Labute approximate surface area is 155 Å². The number of pyridine rings is 1. The number of alkyl halides is 3. The van der Waals surface area contributed by atoms with Gasteiger partial charge in [-0.2, -0.15) is 13.2 Å². The number of carboxylic acid groups (broad SMARTS) is 1. The van der Waals surface area contributed by atoms with Gasteiger partial charge in [0.25, 0.3) is 0 Å². The number of carbonyl (C=O) groups is 1. The fourth-order valence-corrected chi connectivity index (χ4v) is 3.31. The molecular weight excluding hydrogens is 359 g/mol. The molecule has 144 valence electrons. The molecule has 0 saturated carbocycles. The van der Waals surface area contributed by atoms with Gasteiger partial charge in [0.15, 0.2) is 0 Å². The van der Waals surface area contributed by atoms with E-state index in [1.165, 1.54) is 18.3 Å². The summed E-state index contributed by atoms with van der Waals surface area (Å²) in [6, 6.07) is 6.74. The molecule has 0 aliphatic carbocycles. The summed E-state index contributed by atoms with van der Waals surface area (Å²) in [5.41, 5.74) is 1.07. The Bertz CT molecular complexity index is 790. The SMILES string of the molecule is O=C(O)c1cncc(CC[C@H]2CCC[C@@H](c3ccc(C(F)(F)F)cc3)O2)c1. The summed E-state index contributed by atoms with van der Waals surface area (Å²) >= 11 is 0. The molecule has 0 bridgehead atoms. The van der Waals surface area contributed by atoms with Gasteiger partial charge in [-0.3, -0.25) is 4.98 Å². The first kappa shape index (κ1) is 19.4. The highest BCUT2D eigenvalue weighted by atomic mass is 19.4. The van der Waals surface area contributed by atoms with Crippen LogP contribution in [0.15, 0.2) is 42.7 Å². The van der Waals surface area contributed by atoms with Crippen LogP contribution < -0.4 is 0 Å². The number of benzene rings is 1. The molecule has 0 amide bonds. The average molecular weight is 379 g/mol. The minimum atomic E-state index is -4.34. The molecule has 27 heavy (non-hydrogen) atoms. The molecule has 0 unspecified atom stereocenters. The van der Waals surface area contributed by atoms with Crippen molar-refractivity contribution in [1.29, 1.82) is 0 Å². The van der Waals surface area contributed by atoms with Gasteiger partial charge < -0.3 is 9.84 Å². The van der Waals surface area contributed by atoms with Gasteiger partial charge in [-0.05, 0) is 61.4 Å². The zero-order chi connectivity index (χ0) is 19.4. The summed E-state index contributed by atoms with van der Waals surface area (Å²) in [6.45, 7) is 0. The molecule has 3 rings (SSSR count). The molecule has 1 N–H and O–H groups in total. The maximum absolute atomic E-state index is 12.7. The third-order valence-corrected chi connectivity index (χ3v) is 4.76. The van der Waals surface area contributed by atoms with Gasteiger partial charge in [0.2, 0.25) is 0 Å². The van der Waals surface area contributed by atoms with Crippen molar-refractivity contribution in [3.63, 3.8) is 0 Å². The fraction of sp³-hybridized carbons (Fsp3) is 0.400. The zero-order valence-electron chi connectivity index (χ0n) is 14.6. The third kappa shape index (κ3) is 5.07. The number of hydrogen-bond donors (Lipinski definition) is 1. The molecular formula is C20H20F3NO3. The predicted octanol–water partition coefficient (Wildman–Crippen LogP) is 5.04. The van der Waals surface area contributed by atoms with Gasteiger partial charge in [0, 0.05) is 12.4 Å². The number of ether oxygens (including phenoxy) is 1. The lowest BCUT2D eigenvalue weighted by Gasteiger charge is -2.30. The number of hydrogen-bond acceptors (Lipinski definition) is 3. The molecule has 1 fully saturated rings. The molecule has 7 heteroatoms. The van der Waals surface area contributed by atoms with Crippen molar-refractivity contribution in [2.45, 2.75) is 50.5 Å². The van der Waals surface area contributed by atoms with Crippen LogP contribution in [-0.2, 0) is 17.3 Å². The maximum Gasteiger partial charge on any atom is 0.416 e. The number of halogens is 3. The van der Waals surface area contributed by atoms with Crippen LogP contribution in [0.25, 0.3) is 0 Å². The van der Waals surface area contributed by atoms with E-state index in [9.17, 15) is 18.0 Å². The normalized spacial score (nSPS) is 20.4. The molecule has 0 radical (unpaired) electrons. The predicted molar refractivity (Wildman–Crippen MR) is 92.4 cm³/mol. The molecule has 4 nitrogen and oxygen atoms in total. The summed E-state index contributed by atoms with van der Waals surface area (Å²) in [7, 11) is 0. The first-order valence-electron chi connectivity index (χ1n) is 8.83. The Morgan fingerprint density at radius 3 is 2.59 bits per heavy atom. The summed E-state index contributed by atoms with van der Waals surface area (Å²) in [4.78, 5) is 15.0. The number of nitrogens with zero attached hydrogens (tertiary/aromatic N) is 1. The molecule has 2 heterocycles. The van der Waals surface area contributed by atoms with Crippen LogP contribution in [0.2, 0.25) is 0 Å². The number of aromatic nitrogens is 1. The fourth-order valence-electron chi connectivity index (χ4n) is 3.31. The largest absolute Gasteiger partial charge is 0.478 e. The van der Waals surface area contributed by atoms with E-state index in [1.54, 1.807) is 12.3 Å². The molecule has 1 saturated heterocycles. The van der Waals surface area contributed by atoms with E-state index in [0.717, 1.165) is 42.5 Å². The molecule has 2 atom stereocenters. The lowest BCUT2D eigenvalue weighted by Crippen LogP contribution is -2.23. The third-order valence-electron chi connectivity index (χ3n) is 4.76. The minimum Gasteiger partial charge on any atom is -0.478 e. The van der Waals surface area contributed by atoms with Crippen LogP contribution in [0.3, 0.4) is 0 Å². The Morgan fingerprint density at radius 1 is 1.19 bits per heavy atom. The Morgan fingerprint density at radius 2 is 1.93 bits per heavy atom. The van der Waals surface area contributed by atoms with Crippen LogP contribution in [-0.4, -0.2) is 22.2 Å². The average Bonchev–Trinajstić information content (AvgIpc) is 2.66. The lowest BCUT2D eigenvalue weighted by atomic mass is 9.95. The number of aryl methyl sites for hydroxylation is 1. The van der Waals surface area contributed by atoms with Crippen molar-refractivity contribution in [3.05, 3.63) is 65.0 Å². The van der Waals surface area contributed by atoms with Crippen LogP contribution in [0.4, 0.5) is 13.2 Å². The Hall–Kier alpha value is -2.41. The molecule has 0 spiro atoms. The summed E-state index contributed by atoms with van der Waals surface area (Å²) in [5.74, 6) is -1.01. The first-order chi connectivity index (χ1) is 12.8. The molecule has 1 aliphatic heterocycles. The van der Waals surface area contributed by atoms with Gasteiger partial charge in [0.1, 0.15) is 0 Å². The van der Waals surface area contributed by atoms with Crippen molar-refractivity contribution in [3.8, 4) is 0 Å². The zero-order valence-corrected chi connectivity index (χ0v) is 14.6. The summed E-state index contributed by atoms with van der Waals surface area (Å²) in [5, 5.41) is 9.02. The van der Waals surface area contributed by atoms with Crippen molar-refractivity contribution < 1.29 is 27.8 Å². The highest BCUT2D eigenvalue weighted by molar-refractivity contribution is 5.87. The second-order valence-electron chi connectivity index (χ2n) is 6.72. The van der Waals surface area contributed by atoms with Gasteiger partial charge in [0.05, 0.1) is 23.3 Å². The van der Waals surface area contributed by atoms with E-state index in [2.05, 4.69) is 4.98 Å².